The van der Waals surface area contributed by atoms with Crippen molar-refractivity contribution in [1.82, 2.24) is 18.8 Å². The number of hydrogen-bond acceptors (Lipinski definition) is 4. The number of nitrogens with one attached hydrogen (secondary N) is 1. The first-order chi connectivity index (χ1) is 9.95. The molecule has 0 aromatic carbocycles. The fourth-order valence-electron chi connectivity index (χ4n) is 3.44. The van der Waals surface area contributed by atoms with Crippen LogP contribution < -0.4 is 5.32 Å². The predicted octanol–water partition coefficient (Wildman–Crippen LogP) is 0.189. The Hall–Kier alpha value is -0.210. The van der Waals surface area contributed by atoms with E-state index in [1.807, 2.05) is 7.05 Å². The summed E-state index contributed by atoms with van der Waals surface area (Å²) in [6.07, 6.45) is 3.95. The molecule has 0 spiro atoms. The maximum Gasteiger partial charge on any atom is 0.281 e. The van der Waals surface area contributed by atoms with Crippen molar-refractivity contribution in [3.05, 3.63) is 0 Å². The van der Waals surface area contributed by atoms with Crippen LogP contribution in [0, 0.1) is 5.92 Å². The van der Waals surface area contributed by atoms with Gasteiger partial charge in [-0.05, 0) is 59.3 Å². The van der Waals surface area contributed by atoms with Crippen molar-refractivity contribution in [2.24, 2.45) is 5.92 Å². The van der Waals surface area contributed by atoms with Gasteiger partial charge < -0.3 is 10.2 Å². The number of hydrogen-bond donors (Lipinski definition) is 1. The fraction of sp³-hybridized carbons (Fsp3) is 1.00. The Morgan fingerprint density at radius 3 is 2.33 bits per heavy atom. The first kappa shape index (κ1) is 17.1. The third-order valence-electron chi connectivity index (χ3n) is 4.78. The highest BCUT2D eigenvalue weighted by Crippen LogP contribution is 2.24. The third kappa shape index (κ3) is 4.16. The Morgan fingerprint density at radius 1 is 1.10 bits per heavy atom. The lowest BCUT2D eigenvalue weighted by molar-refractivity contribution is 0.182. The van der Waals surface area contributed by atoms with Gasteiger partial charge in [-0.3, -0.25) is 0 Å². The molecule has 21 heavy (non-hydrogen) atoms. The van der Waals surface area contributed by atoms with Crippen LogP contribution in [0.3, 0.4) is 0 Å². The zero-order valence-electron chi connectivity index (χ0n) is 13.6. The molecule has 2 rings (SSSR count). The molecule has 0 aromatic rings. The molecule has 2 aliphatic heterocycles. The Kier molecular flexibility index (Phi) is 6.02. The maximum atomic E-state index is 12.8. The molecule has 2 aliphatic rings. The highest BCUT2D eigenvalue weighted by Gasteiger charge is 2.35. The quantitative estimate of drug-likeness (QED) is 0.786. The van der Waals surface area contributed by atoms with E-state index in [9.17, 15) is 8.42 Å². The molecule has 6 nitrogen and oxygen atoms in total. The predicted molar refractivity (Wildman–Crippen MR) is 85.4 cm³/mol. The van der Waals surface area contributed by atoms with Crippen molar-refractivity contribution in [3.63, 3.8) is 0 Å². The van der Waals surface area contributed by atoms with Crippen molar-refractivity contribution < 1.29 is 8.42 Å². The lowest BCUT2D eigenvalue weighted by atomic mass is 10.00. The van der Waals surface area contributed by atoms with Crippen molar-refractivity contribution >= 4 is 10.2 Å². The van der Waals surface area contributed by atoms with Crippen LogP contribution in [0.25, 0.3) is 0 Å². The van der Waals surface area contributed by atoms with Crippen LogP contribution in [-0.2, 0) is 10.2 Å². The molecular formula is C14H30N4O2S. The van der Waals surface area contributed by atoms with E-state index in [1.165, 1.54) is 0 Å². The zero-order chi connectivity index (χ0) is 15.5. The third-order valence-corrected chi connectivity index (χ3v) is 6.78. The number of rotatable bonds is 5. The van der Waals surface area contributed by atoms with Crippen LogP contribution in [0.5, 0.6) is 0 Å². The van der Waals surface area contributed by atoms with Crippen LogP contribution in [0.15, 0.2) is 0 Å². The Labute approximate surface area is 129 Å². The first-order valence-corrected chi connectivity index (χ1v) is 9.41. The highest BCUT2D eigenvalue weighted by molar-refractivity contribution is 7.86. The fourth-order valence-corrected chi connectivity index (χ4v) is 5.20. The molecule has 0 saturated carbocycles. The molecule has 1 N–H and O–H groups in total. The van der Waals surface area contributed by atoms with E-state index in [-0.39, 0.29) is 0 Å². The normalized spacial score (nSPS) is 27.3. The Bertz CT molecular complexity index is 417. The van der Waals surface area contributed by atoms with Crippen molar-refractivity contribution in [1.29, 1.82) is 0 Å². The summed E-state index contributed by atoms with van der Waals surface area (Å²) in [6, 6.07) is 0.509. The summed E-state index contributed by atoms with van der Waals surface area (Å²) >= 11 is 0. The van der Waals surface area contributed by atoms with E-state index < -0.39 is 10.2 Å². The molecule has 2 heterocycles. The summed E-state index contributed by atoms with van der Waals surface area (Å²) < 4.78 is 29.0. The lowest BCUT2D eigenvalue weighted by Gasteiger charge is -2.39. The average molecular weight is 318 g/mol. The molecular weight excluding hydrogens is 288 g/mol. The smallest absolute Gasteiger partial charge is 0.281 e. The number of nitrogens with zero attached hydrogens (tertiary/aromatic N) is 3. The molecule has 124 valence electrons. The van der Waals surface area contributed by atoms with E-state index in [4.69, 9.17) is 0 Å². The van der Waals surface area contributed by atoms with Gasteiger partial charge >= 0.3 is 0 Å². The minimum absolute atomic E-state index is 0.442. The minimum atomic E-state index is -3.27. The summed E-state index contributed by atoms with van der Waals surface area (Å²) in [7, 11) is 2.81. The van der Waals surface area contributed by atoms with Crippen LogP contribution in [0.1, 0.15) is 25.7 Å². The molecule has 2 saturated heterocycles. The van der Waals surface area contributed by atoms with Gasteiger partial charge in [0, 0.05) is 32.2 Å². The van der Waals surface area contributed by atoms with Gasteiger partial charge in [0.05, 0.1) is 0 Å². The SMILES string of the molecule is CNCC1CCCN(S(=O)(=O)N2CCC(N(C)C)CC2)C1. The van der Waals surface area contributed by atoms with Gasteiger partial charge in [0.25, 0.3) is 10.2 Å². The monoisotopic (exact) mass is 318 g/mol. The van der Waals surface area contributed by atoms with Crippen LogP contribution in [0.4, 0.5) is 0 Å². The Morgan fingerprint density at radius 2 is 1.76 bits per heavy atom. The maximum absolute atomic E-state index is 12.8. The van der Waals surface area contributed by atoms with E-state index in [2.05, 4.69) is 24.3 Å². The first-order valence-electron chi connectivity index (χ1n) is 8.01. The molecule has 0 radical (unpaired) electrons. The van der Waals surface area contributed by atoms with Crippen LogP contribution >= 0.6 is 0 Å². The van der Waals surface area contributed by atoms with E-state index >= 15 is 0 Å². The van der Waals surface area contributed by atoms with E-state index in [0.717, 1.165) is 32.2 Å². The second-order valence-electron chi connectivity index (χ2n) is 6.53. The van der Waals surface area contributed by atoms with Gasteiger partial charge in [-0.15, -0.1) is 0 Å². The topological polar surface area (TPSA) is 55.9 Å². The molecule has 0 aromatic heterocycles. The summed E-state index contributed by atoms with van der Waals surface area (Å²) in [6.45, 7) is 3.54. The van der Waals surface area contributed by atoms with Crippen molar-refractivity contribution in [3.8, 4) is 0 Å². The number of piperidine rings is 2. The van der Waals surface area contributed by atoms with Crippen LogP contribution in [0.2, 0.25) is 0 Å². The molecule has 2 fully saturated rings. The van der Waals surface area contributed by atoms with Crippen molar-refractivity contribution in [2.75, 3.05) is 53.9 Å². The highest BCUT2D eigenvalue weighted by atomic mass is 32.2. The molecule has 1 atom stereocenters. The molecule has 0 amide bonds. The summed E-state index contributed by atoms with van der Waals surface area (Å²) in [5.41, 5.74) is 0. The van der Waals surface area contributed by atoms with Gasteiger partial charge in [0.2, 0.25) is 0 Å². The Balaban J connectivity index is 1.95. The van der Waals surface area contributed by atoms with E-state index in [0.29, 0.717) is 38.1 Å². The molecule has 7 heteroatoms. The van der Waals surface area contributed by atoms with Gasteiger partial charge in [-0.1, -0.05) is 0 Å². The molecule has 0 bridgehead atoms. The van der Waals surface area contributed by atoms with Gasteiger partial charge in [0.15, 0.2) is 0 Å². The molecule has 0 aliphatic carbocycles. The van der Waals surface area contributed by atoms with Gasteiger partial charge in [-0.2, -0.15) is 17.0 Å². The standard InChI is InChI=1S/C14H30N4O2S/c1-15-11-13-5-4-8-18(12-13)21(19,20)17-9-6-14(7-10-17)16(2)3/h13-15H,4-12H2,1-3H3. The zero-order valence-corrected chi connectivity index (χ0v) is 14.4. The van der Waals surface area contributed by atoms with Gasteiger partial charge in [-0.25, -0.2) is 0 Å². The minimum Gasteiger partial charge on any atom is -0.319 e. The largest absolute Gasteiger partial charge is 0.319 e. The summed E-state index contributed by atoms with van der Waals surface area (Å²) in [5.74, 6) is 0.442. The van der Waals surface area contributed by atoms with E-state index in [1.54, 1.807) is 8.61 Å². The second kappa shape index (κ2) is 7.37. The second-order valence-corrected chi connectivity index (χ2v) is 8.45. The lowest BCUT2D eigenvalue weighted by Crippen LogP contribution is -2.52. The molecule has 1 unspecified atom stereocenters. The summed E-state index contributed by atoms with van der Waals surface area (Å²) in [5, 5.41) is 3.17. The van der Waals surface area contributed by atoms with Gasteiger partial charge in [0.1, 0.15) is 0 Å². The van der Waals surface area contributed by atoms with Crippen molar-refractivity contribution in [2.45, 2.75) is 31.7 Å². The summed E-state index contributed by atoms with van der Waals surface area (Å²) in [4.78, 5) is 2.20. The van der Waals surface area contributed by atoms with Crippen LogP contribution in [-0.4, -0.2) is 81.8 Å². The average Bonchev–Trinajstić information content (AvgIpc) is 2.48.